The number of nitrogens with zero attached hydrogens (tertiary/aromatic N) is 2. The molecule has 1 aliphatic heterocycles. The highest BCUT2D eigenvalue weighted by molar-refractivity contribution is 7.13. The molecule has 0 bridgehead atoms. The number of benzene rings is 2. The Morgan fingerprint density at radius 1 is 1.06 bits per heavy atom. The van der Waals surface area contributed by atoms with Gasteiger partial charge >= 0.3 is 6.18 Å². The SMILES string of the molecule is Cc1nc(Cc2ccc(F)cc2)sc1C(=O)N(Cc1ccc2c(c1)OCCO2)CC(F)(F)F. The number of aryl methyl sites for hydroxylation is 1. The molecule has 2 heterocycles. The summed E-state index contributed by atoms with van der Waals surface area (Å²) in [6.07, 6.45) is -4.22. The van der Waals surface area contributed by atoms with Crippen molar-refractivity contribution in [2.75, 3.05) is 19.8 Å². The van der Waals surface area contributed by atoms with Gasteiger partial charge in [0.05, 0.1) is 10.7 Å². The van der Waals surface area contributed by atoms with E-state index in [1.54, 1.807) is 37.3 Å². The van der Waals surface area contributed by atoms with Crippen LogP contribution < -0.4 is 9.47 Å². The molecule has 5 nitrogen and oxygen atoms in total. The number of ether oxygens (including phenoxy) is 2. The molecule has 1 aliphatic rings. The summed E-state index contributed by atoms with van der Waals surface area (Å²) in [5, 5.41) is 0.564. The number of carbonyl (C=O) groups excluding carboxylic acids is 1. The Kier molecular flexibility index (Phi) is 6.55. The number of hydrogen-bond acceptors (Lipinski definition) is 5. The van der Waals surface area contributed by atoms with Crippen molar-refractivity contribution < 1.29 is 31.8 Å². The van der Waals surface area contributed by atoms with Gasteiger partial charge in [-0.05, 0) is 42.3 Å². The van der Waals surface area contributed by atoms with Crippen LogP contribution in [0.5, 0.6) is 11.5 Å². The molecule has 0 atom stereocenters. The molecule has 2 aromatic carbocycles. The number of fused-ring (bicyclic) bond motifs is 1. The zero-order chi connectivity index (χ0) is 23.6. The van der Waals surface area contributed by atoms with E-state index >= 15 is 0 Å². The normalized spacial score (nSPS) is 13.1. The van der Waals surface area contributed by atoms with Crippen molar-refractivity contribution in [3.05, 3.63) is 75.0 Å². The van der Waals surface area contributed by atoms with Gasteiger partial charge in [-0.25, -0.2) is 9.37 Å². The highest BCUT2D eigenvalue weighted by Gasteiger charge is 2.34. The van der Waals surface area contributed by atoms with Crippen LogP contribution in [-0.4, -0.2) is 41.7 Å². The fourth-order valence-corrected chi connectivity index (χ4v) is 4.54. The first-order valence-electron chi connectivity index (χ1n) is 10.1. The zero-order valence-electron chi connectivity index (χ0n) is 17.6. The average Bonchev–Trinajstić information content (AvgIpc) is 3.13. The quantitative estimate of drug-likeness (QED) is 0.458. The summed E-state index contributed by atoms with van der Waals surface area (Å²) in [7, 11) is 0. The number of halogens is 4. The monoisotopic (exact) mass is 480 g/mol. The van der Waals surface area contributed by atoms with Gasteiger partial charge in [0, 0.05) is 13.0 Å². The molecule has 0 unspecified atom stereocenters. The third-order valence-electron chi connectivity index (χ3n) is 4.94. The second-order valence-electron chi connectivity index (χ2n) is 7.58. The van der Waals surface area contributed by atoms with Crippen molar-refractivity contribution in [2.24, 2.45) is 0 Å². The van der Waals surface area contributed by atoms with E-state index in [0.29, 0.717) is 47.4 Å². The maximum Gasteiger partial charge on any atom is 0.406 e. The molecule has 1 amide bonds. The lowest BCUT2D eigenvalue weighted by Crippen LogP contribution is -2.38. The maximum absolute atomic E-state index is 13.3. The van der Waals surface area contributed by atoms with E-state index in [0.717, 1.165) is 21.8 Å². The maximum atomic E-state index is 13.3. The topological polar surface area (TPSA) is 51.7 Å². The predicted molar refractivity (Wildman–Crippen MR) is 114 cm³/mol. The Bertz CT molecular complexity index is 1150. The molecule has 3 aromatic rings. The lowest BCUT2D eigenvalue weighted by Gasteiger charge is -2.25. The van der Waals surface area contributed by atoms with E-state index in [-0.39, 0.29) is 17.2 Å². The summed E-state index contributed by atoms with van der Waals surface area (Å²) in [6, 6.07) is 10.7. The number of hydrogen-bond donors (Lipinski definition) is 0. The molecule has 174 valence electrons. The first-order chi connectivity index (χ1) is 15.7. The largest absolute Gasteiger partial charge is 0.486 e. The van der Waals surface area contributed by atoms with Crippen LogP contribution >= 0.6 is 11.3 Å². The number of thiazole rings is 1. The number of alkyl halides is 3. The molecule has 4 rings (SSSR count). The smallest absolute Gasteiger partial charge is 0.406 e. The van der Waals surface area contributed by atoms with Gasteiger partial charge in [-0.2, -0.15) is 13.2 Å². The highest BCUT2D eigenvalue weighted by atomic mass is 32.1. The summed E-state index contributed by atoms with van der Waals surface area (Å²) >= 11 is 1.05. The minimum atomic E-state index is -4.57. The molecule has 33 heavy (non-hydrogen) atoms. The van der Waals surface area contributed by atoms with Gasteiger partial charge in [0.2, 0.25) is 0 Å². The second-order valence-corrected chi connectivity index (χ2v) is 8.66. The third kappa shape index (κ3) is 5.81. The molecule has 0 saturated heterocycles. The highest BCUT2D eigenvalue weighted by Crippen LogP contribution is 2.32. The van der Waals surface area contributed by atoms with E-state index in [2.05, 4.69) is 4.98 Å². The summed E-state index contributed by atoms with van der Waals surface area (Å²) in [5.74, 6) is -0.161. The molecular formula is C23H20F4N2O3S. The molecule has 0 fully saturated rings. The minimum absolute atomic E-state index is 0.147. The molecule has 1 aromatic heterocycles. The van der Waals surface area contributed by atoms with Crippen molar-refractivity contribution in [3.63, 3.8) is 0 Å². The van der Waals surface area contributed by atoms with E-state index in [4.69, 9.17) is 9.47 Å². The Labute approximate surface area is 191 Å². The molecule has 0 saturated carbocycles. The molecule has 0 N–H and O–H groups in total. The van der Waals surface area contributed by atoms with Crippen molar-refractivity contribution in [1.82, 2.24) is 9.88 Å². The lowest BCUT2D eigenvalue weighted by molar-refractivity contribution is -0.141. The molecule has 0 spiro atoms. The Morgan fingerprint density at radius 2 is 1.73 bits per heavy atom. The van der Waals surface area contributed by atoms with E-state index < -0.39 is 18.6 Å². The summed E-state index contributed by atoms with van der Waals surface area (Å²) < 4.78 is 64.0. The Morgan fingerprint density at radius 3 is 2.42 bits per heavy atom. The first-order valence-corrected chi connectivity index (χ1v) is 10.9. The van der Waals surface area contributed by atoms with Crippen molar-refractivity contribution in [2.45, 2.75) is 26.1 Å². The zero-order valence-corrected chi connectivity index (χ0v) is 18.4. The van der Waals surface area contributed by atoms with Gasteiger partial charge in [0.15, 0.2) is 11.5 Å². The molecule has 0 aliphatic carbocycles. The number of amides is 1. The number of carbonyl (C=O) groups is 1. The van der Waals surface area contributed by atoms with Crippen LogP contribution in [0.15, 0.2) is 42.5 Å². The van der Waals surface area contributed by atoms with Crippen LogP contribution in [0.25, 0.3) is 0 Å². The van der Waals surface area contributed by atoms with Crippen LogP contribution in [-0.2, 0) is 13.0 Å². The van der Waals surface area contributed by atoms with Gasteiger partial charge in [-0.3, -0.25) is 4.79 Å². The molecule has 0 radical (unpaired) electrons. The van der Waals surface area contributed by atoms with Gasteiger partial charge in [-0.15, -0.1) is 11.3 Å². The van der Waals surface area contributed by atoms with Crippen LogP contribution in [0.2, 0.25) is 0 Å². The lowest BCUT2D eigenvalue weighted by atomic mass is 10.1. The van der Waals surface area contributed by atoms with Gasteiger partial charge < -0.3 is 14.4 Å². The van der Waals surface area contributed by atoms with E-state index in [1.165, 1.54) is 12.1 Å². The molecule has 10 heteroatoms. The average molecular weight is 480 g/mol. The van der Waals surface area contributed by atoms with Crippen LogP contribution in [0.3, 0.4) is 0 Å². The van der Waals surface area contributed by atoms with Crippen LogP contribution in [0.4, 0.5) is 17.6 Å². The standard InChI is InChI=1S/C23H20F4N2O3S/c1-14-21(33-20(28-14)11-15-2-5-17(24)6-3-15)22(30)29(13-23(25,26)27)12-16-4-7-18-19(10-16)32-9-8-31-18/h2-7,10H,8-9,11-13H2,1H3. The van der Waals surface area contributed by atoms with Crippen LogP contribution in [0.1, 0.15) is 31.5 Å². The van der Waals surface area contributed by atoms with Crippen molar-refractivity contribution in [3.8, 4) is 11.5 Å². The second kappa shape index (κ2) is 9.38. The fourth-order valence-electron chi connectivity index (χ4n) is 3.47. The summed E-state index contributed by atoms with van der Waals surface area (Å²) in [5.41, 5.74) is 1.63. The van der Waals surface area contributed by atoms with Crippen molar-refractivity contribution in [1.29, 1.82) is 0 Å². The van der Waals surface area contributed by atoms with E-state index in [9.17, 15) is 22.4 Å². The van der Waals surface area contributed by atoms with Gasteiger partial charge in [0.25, 0.3) is 5.91 Å². The summed E-state index contributed by atoms with van der Waals surface area (Å²) in [6.45, 7) is 0.687. The van der Waals surface area contributed by atoms with Gasteiger partial charge in [0.1, 0.15) is 30.5 Å². The minimum Gasteiger partial charge on any atom is -0.486 e. The van der Waals surface area contributed by atoms with Gasteiger partial charge in [-0.1, -0.05) is 18.2 Å². The number of rotatable bonds is 6. The van der Waals surface area contributed by atoms with E-state index in [1.807, 2.05) is 0 Å². The predicted octanol–water partition coefficient (Wildman–Crippen LogP) is 5.16. The third-order valence-corrected chi connectivity index (χ3v) is 6.09. The van der Waals surface area contributed by atoms with Crippen LogP contribution in [0, 0.1) is 12.7 Å². The Balaban J connectivity index is 1.56. The fraction of sp³-hybridized carbons (Fsp3) is 0.304. The first kappa shape index (κ1) is 23.0. The Hall–Kier alpha value is -3.14. The summed E-state index contributed by atoms with van der Waals surface area (Å²) in [4.78, 5) is 18.4. The van der Waals surface area contributed by atoms with Crippen molar-refractivity contribution >= 4 is 17.2 Å². The number of aromatic nitrogens is 1. The molecular weight excluding hydrogens is 460 g/mol.